The molecule has 1 aliphatic carbocycles. The summed E-state index contributed by atoms with van der Waals surface area (Å²) in [7, 11) is 0. The minimum atomic E-state index is 0.242. The van der Waals surface area contributed by atoms with E-state index in [-0.39, 0.29) is 5.41 Å². The Morgan fingerprint density at radius 3 is 2.55 bits per heavy atom. The molecular weight excluding hydrogens is 354 g/mol. The molecule has 0 bridgehead atoms. The van der Waals surface area contributed by atoms with Gasteiger partial charge in [0.25, 0.3) is 0 Å². The van der Waals surface area contributed by atoms with Gasteiger partial charge in [-0.25, -0.2) is 0 Å². The van der Waals surface area contributed by atoms with Gasteiger partial charge < -0.3 is 4.74 Å². The molecule has 0 amide bonds. The Morgan fingerprint density at radius 2 is 1.83 bits per heavy atom. The van der Waals surface area contributed by atoms with Crippen molar-refractivity contribution in [3.05, 3.63) is 52.7 Å². The molecule has 2 nitrogen and oxygen atoms in total. The molecule has 0 saturated heterocycles. The van der Waals surface area contributed by atoms with Crippen LogP contribution in [0, 0.1) is 19.3 Å². The number of aromatic nitrogens is 1. The number of aryl methyl sites for hydroxylation is 1. The van der Waals surface area contributed by atoms with Crippen LogP contribution in [0.3, 0.4) is 0 Å². The van der Waals surface area contributed by atoms with Crippen LogP contribution in [-0.4, -0.2) is 4.98 Å². The molecule has 3 aromatic rings. The number of ether oxygens (including phenoxy) is 1. The lowest BCUT2D eigenvalue weighted by Crippen LogP contribution is -2.10. The van der Waals surface area contributed by atoms with Crippen LogP contribution in [0.2, 0.25) is 0 Å². The quantitative estimate of drug-likeness (QED) is 0.350. The lowest BCUT2D eigenvalue weighted by Gasteiger charge is -2.27. The van der Waals surface area contributed by atoms with Crippen molar-refractivity contribution in [3.8, 4) is 22.8 Å². The molecule has 0 atom stereocenters. The van der Waals surface area contributed by atoms with Gasteiger partial charge in [0.05, 0.1) is 0 Å². The van der Waals surface area contributed by atoms with Crippen molar-refractivity contribution >= 4 is 10.8 Å². The van der Waals surface area contributed by atoms with Crippen molar-refractivity contribution < 1.29 is 4.74 Å². The molecule has 1 saturated carbocycles. The fraction of sp³-hybridized carbons (Fsp3) is 0.444. The summed E-state index contributed by atoms with van der Waals surface area (Å²) < 4.78 is 6.68. The fourth-order valence-electron chi connectivity index (χ4n) is 5.31. The van der Waals surface area contributed by atoms with Gasteiger partial charge in [-0.05, 0) is 78.7 Å². The second kappa shape index (κ2) is 6.58. The van der Waals surface area contributed by atoms with Crippen LogP contribution in [0.5, 0.6) is 11.5 Å². The summed E-state index contributed by atoms with van der Waals surface area (Å²) in [5.74, 6) is 2.63. The first kappa shape index (κ1) is 18.7. The summed E-state index contributed by atoms with van der Waals surface area (Å²) in [6.07, 6.45) is 8.20. The Hall–Kier alpha value is -2.35. The zero-order valence-electron chi connectivity index (χ0n) is 18.4. The van der Waals surface area contributed by atoms with Gasteiger partial charge in [-0.3, -0.25) is 4.98 Å². The van der Waals surface area contributed by atoms with Crippen molar-refractivity contribution in [2.75, 3.05) is 0 Å². The average molecular weight is 386 g/mol. The van der Waals surface area contributed by atoms with Crippen molar-refractivity contribution in [1.82, 2.24) is 4.98 Å². The number of benzene rings is 2. The highest BCUT2D eigenvalue weighted by Crippen LogP contribution is 2.52. The smallest absolute Gasteiger partial charge is 0.157 e. The summed E-state index contributed by atoms with van der Waals surface area (Å²) in [6, 6.07) is 9.15. The van der Waals surface area contributed by atoms with Gasteiger partial charge in [-0.15, -0.1) is 0 Å². The molecule has 1 fully saturated rings. The average Bonchev–Trinajstić information content (AvgIpc) is 3.17. The number of nitrogens with zero attached hydrogens (tertiary/aromatic N) is 1. The monoisotopic (exact) mass is 385 g/mol. The molecule has 0 spiro atoms. The molecule has 29 heavy (non-hydrogen) atoms. The van der Waals surface area contributed by atoms with Gasteiger partial charge >= 0.3 is 0 Å². The number of hydrogen-bond acceptors (Lipinski definition) is 2. The molecule has 0 unspecified atom stereocenters. The van der Waals surface area contributed by atoms with E-state index in [1.54, 1.807) is 0 Å². The highest BCUT2D eigenvalue weighted by molar-refractivity contribution is 6.05. The predicted octanol–water partition coefficient (Wildman–Crippen LogP) is 7.87. The van der Waals surface area contributed by atoms with Gasteiger partial charge in [0.1, 0.15) is 11.4 Å². The Bertz CT molecular complexity index is 1110. The van der Waals surface area contributed by atoms with Gasteiger partial charge in [0, 0.05) is 22.7 Å². The van der Waals surface area contributed by atoms with E-state index in [9.17, 15) is 0 Å². The third kappa shape index (κ3) is 3.13. The van der Waals surface area contributed by atoms with Crippen molar-refractivity contribution in [1.29, 1.82) is 0 Å². The van der Waals surface area contributed by atoms with Gasteiger partial charge in [-0.2, -0.15) is 0 Å². The van der Waals surface area contributed by atoms with Crippen LogP contribution in [0.1, 0.15) is 74.6 Å². The molecule has 0 radical (unpaired) electrons. The van der Waals surface area contributed by atoms with Crippen LogP contribution in [0.15, 0.2) is 30.5 Å². The molecule has 1 aliphatic heterocycles. The van der Waals surface area contributed by atoms with E-state index in [1.165, 1.54) is 64.3 Å². The van der Waals surface area contributed by atoms with Crippen LogP contribution < -0.4 is 4.74 Å². The molecule has 150 valence electrons. The molecule has 5 rings (SSSR count). The lowest BCUT2D eigenvalue weighted by molar-refractivity contribution is 0.410. The Labute approximate surface area is 174 Å². The van der Waals surface area contributed by atoms with Crippen LogP contribution >= 0.6 is 0 Å². The Balaban J connectivity index is 1.78. The number of hydrogen-bond donors (Lipinski definition) is 0. The summed E-state index contributed by atoms with van der Waals surface area (Å²) in [4.78, 5) is 4.83. The topological polar surface area (TPSA) is 22.1 Å². The molecule has 2 aliphatic rings. The molecular formula is C27H31NO. The summed E-state index contributed by atoms with van der Waals surface area (Å²) in [5, 5.41) is 2.51. The Morgan fingerprint density at radius 1 is 1.07 bits per heavy atom. The summed E-state index contributed by atoms with van der Waals surface area (Å²) in [5.41, 5.74) is 7.91. The SMILES string of the molecule is Cc1cc2cc(CC(C)(C)C)cc3c2c(c1C)-c1nccc(C2CCCC2)c1O3. The number of rotatable bonds is 2. The third-order valence-corrected chi connectivity index (χ3v) is 6.69. The van der Waals surface area contributed by atoms with Gasteiger partial charge in [0.15, 0.2) is 5.75 Å². The second-order valence-corrected chi connectivity index (χ2v) is 10.3. The van der Waals surface area contributed by atoms with Crippen molar-refractivity contribution in [2.24, 2.45) is 5.41 Å². The van der Waals surface area contributed by atoms with E-state index in [4.69, 9.17) is 9.72 Å². The maximum absolute atomic E-state index is 6.68. The van der Waals surface area contributed by atoms with E-state index >= 15 is 0 Å². The normalized spacial score (nSPS) is 16.2. The minimum Gasteiger partial charge on any atom is -0.454 e. The molecule has 1 aromatic heterocycles. The number of pyridine rings is 1. The number of fused-ring (bicyclic) bond motifs is 2. The van der Waals surface area contributed by atoms with E-state index in [0.717, 1.165) is 23.6 Å². The molecule has 0 N–H and O–H groups in total. The standard InChI is InChI=1S/C27H31NO/c1-16-12-20-13-18(15-27(3,4)5)14-22-24(20)23(17(16)2)25-26(29-22)21(10-11-28-25)19-8-6-7-9-19/h10-14,19H,6-9,15H2,1-5H3. The van der Waals surface area contributed by atoms with E-state index in [2.05, 4.69) is 58.9 Å². The molecule has 2 aromatic carbocycles. The molecule has 2 heterocycles. The highest BCUT2D eigenvalue weighted by atomic mass is 16.5. The van der Waals surface area contributed by atoms with Crippen LogP contribution in [-0.2, 0) is 6.42 Å². The minimum absolute atomic E-state index is 0.242. The van der Waals surface area contributed by atoms with E-state index < -0.39 is 0 Å². The lowest BCUT2D eigenvalue weighted by atomic mass is 9.84. The first-order valence-corrected chi connectivity index (χ1v) is 11.1. The predicted molar refractivity (Wildman–Crippen MR) is 121 cm³/mol. The zero-order chi connectivity index (χ0) is 20.3. The van der Waals surface area contributed by atoms with Crippen molar-refractivity contribution in [3.63, 3.8) is 0 Å². The largest absolute Gasteiger partial charge is 0.454 e. The summed E-state index contributed by atoms with van der Waals surface area (Å²) in [6.45, 7) is 11.3. The van der Waals surface area contributed by atoms with Crippen LogP contribution in [0.4, 0.5) is 0 Å². The van der Waals surface area contributed by atoms with Crippen molar-refractivity contribution in [2.45, 2.75) is 72.6 Å². The molecule has 2 heteroatoms. The zero-order valence-corrected chi connectivity index (χ0v) is 18.4. The Kier molecular flexibility index (Phi) is 4.24. The van der Waals surface area contributed by atoms with Crippen LogP contribution in [0.25, 0.3) is 22.0 Å². The summed E-state index contributed by atoms with van der Waals surface area (Å²) >= 11 is 0. The van der Waals surface area contributed by atoms with E-state index in [1.807, 2.05) is 6.20 Å². The second-order valence-electron chi connectivity index (χ2n) is 10.3. The van der Waals surface area contributed by atoms with Gasteiger partial charge in [-0.1, -0.05) is 45.7 Å². The highest BCUT2D eigenvalue weighted by Gasteiger charge is 2.30. The van der Waals surface area contributed by atoms with Gasteiger partial charge in [0.2, 0.25) is 0 Å². The fourth-order valence-corrected chi connectivity index (χ4v) is 5.31. The first-order chi connectivity index (χ1) is 13.8. The third-order valence-electron chi connectivity index (χ3n) is 6.69. The van der Waals surface area contributed by atoms with E-state index in [0.29, 0.717) is 5.92 Å². The first-order valence-electron chi connectivity index (χ1n) is 11.1. The maximum Gasteiger partial charge on any atom is 0.157 e. The maximum atomic E-state index is 6.68.